The zero-order chi connectivity index (χ0) is 7.28. The first kappa shape index (κ1) is 8.17. The van der Waals surface area contributed by atoms with Crippen molar-refractivity contribution < 1.29 is 9.53 Å². The summed E-state index contributed by atoms with van der Waals surface area (Å²) in [5.41, 5.74) is 4.97. The van der Waals surface area contributed by atoms with Crippen molar-refractivity contribution >= 4 is 5.97 Å². The van der Waals surface area contributed by atoms with Crippen LogP contribution in [-0.2, 0) is 9.53 Å². The minimum Gasteiger partial charge on any atom is -0.457 e. The molecule has 0 aliphatic rings. The maximum absolute atomic E-state index is 10.4. The minimum atomic E-state index is -0.401. The van der Waals surface area contributed by atoms with E-state index in [1.807, 2.05) is 0 Å². The molecule has 0 heterocycles. The Bertz CT molecular complexity index is 112. The summed E-state index contributed by atoms with van der Waals surface area (Å²) in [6, 6.07) is 0. The predicted octanol–water partition coefficient (Wildman–Crippen LogP) is 0.0628. The van der Waals surface area contributed by atoms with Crippen molar-refractivity contribution in [2.75, 3.05) is 6.54 Å². The van der Waals surface area contributed by atoms with E-state index in [1.54, 1.807) is 6.92 Å². The number of hydrogen-bond donors (Lipinski definition) is 1. The molecule has 3 nitrogen and oxygen atoms in total. The quantitative estimate of drug-likeness (QED) is 0.433. The standard InChI is InChI=1S/C6H11NO2/c1-3-5(2)9-6(8)4-7/h3,5H,1,4,7H2,2H3. The summed E-state index contributed by atoms with van der Waals surface area (Å²) in [6.07, 6.45) is 1.30. The lowest BCUT2D eigenvalue weighted by Crippen LogP contribution is -2.20. The molecule has 0 amide bonds. The van der Waals surface area contributed by atoms with Gasteiger partial charge in [-0.25, -0.2) is 0 Å². The second-order valence-corrected chi connectivity index (χ2v) is 1.63. The molecule has 0 saturated carbocycles. The molecule has 0 aromatic rings. The maximum Gasteiger partial charge on any atom is 0.320 e. The molecule has 0 fully saturated rings. The highest BCUT2D eigenvalue weighted by atomic mass is 16.5. The van der Waals surface area contributed by atoms with Crippen LogP contribution in [0.5, 0.6) is 0 Å². The second kappa shape index (κ2) is 4.09. The van der Waals surface area contributed by atoms with Crippen molar-refractivity contribution in [1.29, 1.82) is 0 Å². The lowest BCUT2D eigenvalue weighted by atomic mass is 10.4. The molecular weight excluding hydrogens is 118 g/mol. The summed E-state index contributed by atoms with van der Waals surface area (Å²) in [5.74, 6) is -0.401. The molecule has 0 bridgehead atoms. The van der Waals surface area contributed by atoms with Gasteiger partial charge < -0.3 is 10.5 Å². The number of nitrogens with two attached hydrogens (primary N) is 1. The van der Waals surface area contributed by atoms with Gasteiger partial charge in [0.15, 0.2) is 0 Å². The monoisotopic (exact) mass is 129 g/mol. The van der Waals surface area contributed by atoms with Crippen molar-refractivity contribution in [1.82, 2.24) is 0 Å². The fourth-order valence-corrected chi connectivity index (χ4v) is 0.304. The SMILES string of the molecule is C=CC(C)OC(=O)CN. The Morgan fingerprint density at radius 1 is 2.00 bits per heavy atom. The Balaban J connectivity index is 3.46. The summed E-state index contributed by atoms with van der Waals surface area (Å²) >= 11 is 0. The van der Waals surface area contributed by atoms with Gasteiger partial charge in [-0.15, -0.1) is 0 Å². The third kappa shape index (κ3) is 3.73. The van der Waals surface area contributed by atoms with E-state index in [0.717, 1.165) is 0 Å². The van der Waals surface area contributed by atoms with Gasteiger partial charge in [-0.1, -0.05) is 12.7 Å². The second-order valence-electron chi connectivity index (χ2n) is 1.63. The van der Waals surface area contributed by atoms with Gasteiger partial charge in [-0.3, -0.25) is 4.79 Å². The third-order valence-corrected chi connectivity index (χ3v) is 0.816. The lowest BCUT2D eigenvalue weighted by Gasteiger charge is -2.05. The fraction of sp³-hybridized carbons (Fsp3) is 0.500. The number of carbonyl (C=O) groups is 1. The molecule has 0 rings (SSSR count). The number of hydrogen-bond acceptors (Lipinski definition) is 3. The van der Waals surface area contributed by atoms with Crippen LogP contribution in [0.25, 0.3) is 0 Å². The average molecular weight is 129 g/mol. The van der Waals surface area contributed by atoms with Crippen molar-refractivity contribution in [3.8, 4) is 0 Å². The van der Waals surface area contributed by atoms with Gasteiger partial charge in [-0.2, -0.15) is 0 Å². The summed E-state index contributed by atoms with van der Waals surface area (Å²) < 4.78 is 4.67. The van der Waals surface area contributed by atoms with Crippen LogP contribution in [0.2, 0.25) is 0 Å². The van der Waals surface area contributed by atoms with E-state index in [4.69, 9.17) is 5.73 Å². The van der Waals surface area contributed by atoms with Crippen molar-refractivity contribution in [2.24, 2.45) is 5.73 Å². The number of ether oxygens (including phenoxy) is 1. The summed E-state index contributed by atoms with van der Waals surface area (Å²) in [4.78, 5) is 10.4. The van der Waals surface area contributed by atoms with E-state index in [1.165, 1.54) is 6.08 Å². The van der Waals surface area contributed by atoms with Crippen LogP contribution in [0.3, 0.4) is 0 Å². The molecule has 1 atom stereocenters. The van der Waals surface area contributed by atoms with Crippen LogP contribution in [-0.4, -0.2) is 18.6 Å². The minimum absolute atomic E-state index is 0.0713. The van der Waals surface area contributed by atoms with Crippen molar-refractivity contribution in [3.05, 3.63) is 12.7 Å². The normalized spacial score (nSPS) is 12.2. The largest absolute Gasteiger partial charge is 0.457 e. The van der Waals surface area contributed by atoms with Gasteiger partial charge in [0.2, 0.25) is 0 Å². The molecule has 0 aliphatic heterocycles. The molecule has 1 unspecified atom stereocenters. The smallest absolute Gasteiger partial charge is 0.320 e. The van der Waals surface area contributed by atoms with Crippen molar-refractivity contribution in [3.63, 3.8) is 0 Å². The number of esters is 1. The highest BCUT2D eigenvalue weighted by molar-refractivity contribution is 5.71. The van der Waals surface area contributed by atoms with Gasteiger partial charge in [0.05, 0.1) is 6.54 Å². The topological polar surface area (TPSA) is 52.3 Å². The van der Waals surface area contributed by atoms with Gasteiger partial charge in [-0.05, 0) is 6.92 Å². The van der Waals surface area contributed by atoms with Crippen LogP contribution < -0.4 is 5.73 Å². The lowest BCUT2D eigenvalue weighted by molar-refractivity contribution is -0.144. The van der Waals surface area contributed by atoms with E-state index in [-0.39, 0.29) is 12.6 Å². The summed E-state index contributed by atoms with van der Waals surface area (Å²) in [6.45, 7) is 5.08. The van der Waals surface area contributed by atoms with Crippen LogP contribution in [0.1, 0.15) is 6.92 Å². The zero-order valence-electron chi connectivity index (χ0n) is 5.46. The Hall–Kier alpha value is -0.830. The van der Waals surface area contributed by atoms with Crippen molar-refractivity contribution in [2.45, 2.75) is 13.0 Å². The third-order valence-electron chi connectivity index (χ3n) is 0.816. The molecule has 2 N–H and O–H groups in total. The molecule has 0 aromatic carbocycles. The van der Waals surface area contributed by atoms with E-state index in [9.17, 15) is 4.79 Å². The van der Waals surface area contributed by atoms with E-state index >= 15 is 0 Å². The van der Waals surface area contributed by atoms with Crippen LogP contribution in [0.15, 0.2) is 12.7 Å². The van der Waals surface area contributed by atoms with E-state index in [2.05, 4.69) is 11.3 Å². The van der Waals surface area contributed by atoms with Gasteiger partial charge >= 0.3 is 5.97 Å². The van der Waals surface area contributed by atoms with Gasteiger partial charge in [0.1, 0.15) is 6.10 Å². The predicted molar refractivity (Wildman–Crippen MR) is 34.8 cm³/mol. The Labute approximate surface area is 54.5 Å². The Morgan fingerprint density at radius 3 is 2.89 bits per heavy atom. The molecule has 52 valence electrons. The first-order chi connectivity index (χ1) is 4.20. The molecule has 0 spiro atoms. The molecule has 0 aromatic heterocycles. The maximum atomic E-state index is 10.4. The van der Waals surface area contributed by atoms with Crippen LogP contribution in [0, 0.1) is 0 Å². The fourth-order valence-electron chi connectivity index (χ4n) is 0.304. The van der Waals surface area contributed by atoms with Gasteiger partial charge in [0.25, 0.3) is 0 Å². The summed E-state index contributed by atoms with van der Waals surface area (Å²) in [7, 11) is 0. The van der Waals surface area contributed by atoms with Gasteiger partial charge in [0, 0.05) is 0 Å². The highest BCUT2D eigenvalue weighted by Gasteiger charge is 2.01. The first-order valence-corrected chi connectivity index (χ1v) is 2.72. The van der Waals surface area contributed by atoms with Crippen LogP contribution in [0.4, 0.5) is 0 Å². The number of rotatable bonds is 3. The molecule has 0 saturated heterocycles. The zero-order valence-corrected chi connectivity index (χ0v) is 5.46. The average Bonchev–Trinajstić information content (AvgIpc) is 1.87. The Kier molecular flexibility index (Phi) is 3.71. The highest BCUT2D eigenvalue weighted by Crippen LogP contribution is 1.89. The molecular formula is C6H11NO2. The summed E-state index contributed by atoms with van der Waals surface area (Å²) in [5, 5.41) is 0. The van der Waals surface area contributed by atoms with E-state index < -0.39 is 5.97 Å². The van der Waals surface area contributed by atoms with Crippen LogP contribution >= 0.6 is 0 Å². The first-order valence-electron chi connectivity index (χ1n) is 2.72. The molecule has 9 heavy (non-hydrogen) atoms. The molecule has 3 heteroatoms. The van der Waals surface area contributed by atoms with E-state index in [0.29, 0.717) is 0 Å². The molecule has 0 aliphatic carbocycles. The molecule has 0 radical (unpaired) electrons. The Morgan fingerprint density at radius 2 is 2.56 bits per heavy atom. The number of carbonyl (C=O) groups excluding carboxylic acids is 1.